The molecule has 1 aromatic carbocycles. The lowest BCUT2D eigenvalue weighted by atomic mass is 9.86. The molecule has 1 saturated carbocycles. The fourth-order valence-corrected chi connectivity index (χ4v) is 3.27. The number of rotatable bonds is 4. The smallest absolute Gasteiger partial charge is 0.252 e. The van der Waals surface area contributed by atoms with Gasteiger partial charge in [-0.25, -0.2) is 0 Å². The average Bonchev–Trinajstić information content (AvgIpc) is 2.48. The van der Waals surface area contributed by atoms with Crippen molar-refractivity contribution in [3.63, 3.8) is 0 Å². The Morgan fingerprint density at radius 2 is 1.86 bits per heavy atom. The number of hydrogen-bond acceptors (Lipinski definition) is 2. The highest BCUT2D eigenvalue weighted by molar-refractivity contribution is 6.42. The van der Waals surface area contributed by atoms with Crippen molar-refractivity contribution in [2.24, 2.45) is 5.92 Å². The van der Waals surface area contributed by atoms with E-state index in [1.54, 1.807) is 18.2 Å². The molecule has 1 fully saturated rings. The third kappa shape index (κ3) is 4.35. The molecule has 0 aliphatic heterocycles. The Morgan fingerprint density at radius 1 is 1.19 bits per heavy atom. The molecule has 3 nitrogen and oxygen atoms in total. The fraction of sp³-hybridized carbons (Fsp3) is 0.562. The van der Waals surface area contributed by atoms with Crippen molar-refractivity contribution in [1.82, 2.24) is 10.2 Å². The Bertz CT molecular complexity index is 499. The van der Waals surface area contributed by atoms with E-state index in [0.29, 0.717) is 21.5 Å². The minimum atomic E-state index is -0.0992. The number of benzene rings is 1. The molecule has 0 aromatic heterocycles. The molecule has 5 heteroatoms. The van der Waals surface area contributed by atoms with Gasteiger partial charge in [-0.1, -0.05) is 42.5 Å². The van der Waals surface area contributed by atoms with Gasteiger partial charge in [-0.15, -0.1) is 0 Å². The van der Waals surface area contributed by atoms with Crippen molar-refractivity contribution in [1.29, 1.82) is 0 Å². The first kappa shape index (κ1) is 16.6. The molecule has 21 heavy (non-hydrogen) atoms. The normalized spacial score (nSPS) is 17.8. The number of amides is 1. The number of nitrogens with one attached hydrogen (secondary N) is 1. The zero-order chi connectivity index (χ0) is 15.4. The number of nitrogens with zero attached hydrogens (tertiary/aromatic N) is 1. The minimum Gasteiger partial charge on any atom is -0.336 e. The molecule has 116 valence electrons. The lowest BCUT2D eigenvalue weighted by Crippen LogP contribution is -2.50. The maximum absolute atomic E-state index is 12.4. The summed E-state index contributed by atoms with van der Waals surface area (Å²) in [6.07, 6.45) is 6.20. The van der Waals surface area contributed by atoms with Crippen LogP contribution in [0.25, 0.3) is 0 Å². The molecular formula is C16H22Cl2N2O. The molecule has 0 bridgehead atoms. The molecule has 0 heterocycles. The van der Waals surface area contributed by atoms with Gasteiger partial charge in [0.05, 0.1) is 16.2 Å². The van der Waals surface area contributed by atoms with Gasteiger partial charge in [0.15, 0.2) is 0 Å². The predicted octanol–water partition coefficient (Wildman–Crippen LogP) is 4.19. The van der Waals surface area contributed by atoms with E-state index in [4.69, 9.17) is 23.2 Å². The summed E-state index contributed by atoms with van der Waals surface area (Å²) in [6.45, 7) is 0. The summed E-state index contributed by atoms with van der Waals surface area (Å²) in [5, 5.41) is 4.00. The predicted molar refractivity (Wildman–Crippen MR) is 88.0 cm³/mol. The number of halogens is 2. The summed E-state index contributed by atoms with van der Waals surface area (Å²) in [7, 11) is 4.02. The second-order valence-corrected chi connectivity index (χ2v) is 6.72. The molecule has 2 rings (SSSR count). The molecule has 0 radical (unpaired) electrons. The van der Waals surface area contributed by atoms with Crippen LogP contribution in [-0.2, 0) is 0 Å². The number of carbonyl (C=O) groups excluding carboxylic acids is 1. The Balaban J connectivity index is 2.08. The van der Waals surface area contributed by atoms with Crippen molar-refractivity contribution in [2.75, 3.05) is 14.1 Å². The van der Waals surface area contributed by atoms with Crippen molar-refractivity contribution < 1.29 is 4.79 Å². The second kappa shape index (κ2) is 7.48. The van der Waals surface area contributed by atoms with Crippen LogP contribution in [0.4, 0.5) is 0 Å². The van der Waals surface area contributed by atoms with Gasteiger partial charge < -0.3 is 5.32 Å². The molecular weight excluding hydrogens is 307 g/mol. The molecule has 1 aliphatic carbocycles. The second-order valence-electron chi connectivity index (χ2n) is 5.91. The average molecular weight is 329 g/mol. The highest BCUT2D eigenvalue weighted by atomic mass is 35.5. The van der Waals surface area contributed by atoms with Gasteiger partial charge in [-0.3, -0.25) is 9.69 Å². The van der Waals surface area contributed by atoms with Crippen LogP contribution < -0.4 is 5.32 Å². The van der Waals surface area contributed by atoms with Crippen LogP contribution in [-0.4, -0.2) is 31.1 Å². The number of carbonyl (C=O) groups is 1. The van der Waals surface area contributed by atoms with Crippen molar-refractivity contribution in [3.05, 3.63) is 33.8 Å². The van der Waals surface area contributed by atoms with Crippen LogP contribution in [0, 0.1) is 5.92 Å². The van der Waals surface area contributed by atoms with Crippen molar-refractivity contribution >= 4 is 29.1 Å². The fourth-order valence-electron chi connectivity index (χ4n) is 2.97. The van der Waals surface area contributed by atoms with Crippen LogP contribution in [0.1, 0.15) is 42.5 Å². The molecule has 1 aliphatic rings. The summed E-state index contributed by atoms with van der Waals surface area (Å²) in [6, 6.07) is 4.98. The molecule has 0 saturated heterocycles. The first-order chi connectivity index (χ1) is 9.99. The highest BCUT2D eigenvalue weighted by Crippen LogP contribution is 2.28. The van der Waals surface area contributed by atoms with Crippen LogP contribution in [0.2, 0.25) is 10.0 Å². The van der Waals surface area contributed by atoms with E-state index in [-0.39, 0.29) is 12.1 Å². The van der Waals surface area contributed by atoms with E-state index >= 15 is 0 Å². The van der Waals surface area contributed by atoms with E-state index < -0.39 is 0 Å². The molecule has 1 amide bonds. The Morgan fingerprint density at radius 3 is 2.43 bits per heavy atom. The SMILES string of the molecule is CN(C)C(NC(=O)c1ccc(Cl)c(Cl)c1)C1CCCCC1. The summed E-state index contributed by atoms with van der Waals surface area (Å²) in [4.78, 5) is 14.5. The highest BCUT2D eigenvalue weighted by Gasteiger charge is 2.27. The zero-order valence-corrected chi connectivity index (χ0v) is 14.0. The standard InChI is InChI=1S/C16H22Cl2N2O/c1-20(2)15(11-6-4-3-5-7-11)19-16(21)12-8-9-13(17)14(18)10-12/h8-11,15H,3-7H2,1-2H3,(H,19,21). The van der Waals surface area contributed by atoms with E-state index in [1.165, 1.54) is 32.1 Å². The van der Waals surface area contributed by atoms with Gasteiger partial charge in [0, 0.05) is 5.56 Å². The maximum Gasteiger partial charge on any atom is 0.252 e. The lowest BCUT2D eigenvalue weighted by molar-refractivity contribution is 0.0798. The summed E-state index contributed by atoms with van der Waals surface area (Å²) < 4.78 is 0. The van der Waals surface area contributed by atoms with E-state index in [1.807, 2.05) is 14.1 Å². The van der Waals surface area contributed by atoms with Gasteiger partial charge in [-0.2, -0.15) is 0 Å². The molecule has 1 atom stereocenters. The van der Waals surface area contributed by atoms with E-state index in [9.17, 15) is 4.79 Å². The van der Waals surface area contributed by atoms with Crippen LogP contribution in [0.5, 0.6) is 0 Å². The Labute approximate surface area is 136 Å². The summed E-state index contributed by atoms with van der Waals surface area (Å²) in [5.41, 5.74) is 0.548. The first-order valence-corrected chi connectivity index (χ1v) is 8.17. The van der Waals surface area contributed by atoms with Gasteiger partial charge in [0.1, 0.15) is 0 Å². The third-order valence-corrected chi connectivity index (χ3v) is 4.85. The largest absolute Gasteiger partial charge is 0.336 e. The van der Waals surface area contributed by atoms with Gasteiger partial charge in [0.2, 0.25) is 0 Å². The van der Waals surface area contributed by atoms with Gasteiger partial charge in [-0.05, 0) is 51.1 Å². The van der Waals surface area contributed by atoms with E-state index in [2.05, 4.69) is 10.2 Å². The van der Waals surface area contributed by atoms with Crippen molar-refractivity contribution in [3.8, 4) is 0 Å². The molecule has 1 N–H and O–H groups in total. The molecule has 0 spiro atoms. The lowest BCUT2D eigenvalue weighted by Gasteiger charge is -2.35. The van der Waals surface area contributed by atoms with Crippen LogP contribution in [0.3, 0.4) is 0 Å². The minimum absolute atomic E-state index is 0.0623. The van der Waals surface area contributed by atoms with Crippen LogP contribution in [0.15, 0.2) is 18.2 Å². The molecule has 1 aromatic rings. The number of hydrogen-bond donors (Lipinski definition) is 1. The topological polar surface area (TPSA) is 32.3 Å². The summed E-state index contributed by atoms with van der Waals surface area (Å²) in [5.74, 6) is 0.415. The zero-order valence-electron chi connectivity index (χ0n) is 12.5. The van der Waals surface area contributed by atoms with Gasteiger partial charge in [0.25, 0.3) is 5.91 Å². The first-order valence-electron chi connectivity index (χ1n) is 7.41. The van der Waals surface area contributed by atoms with Crippen LogP contribution >= 0.6 is 23.2 Å². The van der Waals surface area contributed by atoms with Crippen molar-refractivity contribution in [2.45, 2.75) is 38.3 Å². The Hall–Kier alpha value is -0.770. The monoisotopic (exact) mass is 328 g/mol. The van der Waals surface area contributed by atoms with E-state index in [0.717, 1.165) is 0 Å². The quantitative estimate of drug-likeness (QED) is 0.840. The molecule has 1 unspecified atom stereocenters. The summed E-state index contributed by atoms with van der Waals surface area (Å²) >= 11 is 11.9. The van der Waals surface area contributed by atoms with Gasteiger partial charge >= 0.3 is 0 Å². The third-order valence-electron chi connectivity index (χ3n) is 4.11. The maximum atomic E-state index is 12.4. The Kier molecular flexibility index (Phi) is 5.91.